The maximum atomic E-state index is 11.9. The highest BCUT2D eigenvalue weighted by molar-refractivity contribution is 6.00. The van der Waals surface area contributed by atoms with Crippen molar-refractivity contribution >= 4 is 17.7 Å². The predicted octanol–water partition coefficient (Wildman–Crippen LogP) is 2.40. The van der Waals surface area contributed by atoms with Crippen LogP contribution in [-0.4, -0.2) is 28.8 Å². The normalized spacial score (nSPS) is 18.9. The molecule has 112 valence electrons. The van der Waals surface area contributed by atoms with Crippen LogP contribution < -0.4 is 10.6 Å². The maximum absolute atomic E-state index is 11.9. The number of phenols is 1. The zero-order valence-electron chi connectivity index (χ0n) is 11.6. The monoisotopic (exact) mass is 290 g/mol. The average molecular weight is 290 g/mol. The predicted molar refractivity (Wildman–Crippen MR) is 76.5 cm³/mol. The van der Waals surface area contributed by atoms with E-state index in [1.54, 1.807) is 0 Å². The van der Waals surface area contributed by atoms with E-state index in [0.717, 1.165) is 24.8 Å². The van der Waals surface area contributed by atoms with Crippen molar-refractivity contribution < 1.29 is 19.8 Å². The van der Waals surface area contributed by atoms with Crippen molar-refractivity contribution in [2.24, 2.45) is 11.3 Å². The molecule has 6 heteroatoms. The molecule has 4 N–H and O–H groups in total. The molecule has 0 spiro atoms. The quantitative estimate of drug-likeness (QED) is 0.626. The molecule has 0 aromatic heterocycles. The molecule has 0 saturated heterocycles. The molecule has 3 rings (SSSR count). The molecular weight excluding hydrogens is 272 g/mol. The van der Waals surface area contributed by atoms with Gasteiger partial charge in [0.25, 0.3) is 0 Å². The molecule has 2 fully saturated rings. The summed E-state index contributed by atoms with van der Waals surface area (Å²) in [5.74, 6) is -0.595. The lowest BCUT2D eigenvalue weighted by Gasteiger charge is -2.16. The van der Waals surface area contributed by atoms with Crippen LogP contribution in [0.1, 0.15) is 36.0 Å². The molecule has 1 aromatic carbocycles. The topological polar surface area (TPSA) is 98.7 Å². The number of benzene rings is 1. The number of phenolic OH excluding ortho intramolecular Hbond substituents is 1. The lowest BCUT2D eigenvalue weighted by Crippen LogP contribution is -2.34. The Labute approximate surface area is 122 Å². The summed E-state index contributed by atoms with van der Waals surface area (Å²) >= 11 is 0. The minimum absolute atomic E-state index is 0.131. The van der Waals surface area contributed by atoms with Crippen LogP contribution in [0.15, 0.2) is 18.2 Å². The number of carbonyl (C=O) groups is 2. The first kappa shape index (κ1) is 13.7. The van der Waals surface area contributed by atoms with E-state index >= 15 is 0 Å². The van der Waals surface area contributed by atoms with Crippen LogP contribution in [0.25, 0.3) is 0 Å². The molecule has 0 atom stereocenters. The number of hydrogen-bond acceptors (Lipinski definition) is 3. The molecule has 0 unspecified atom stereocenters. The molecule has 2 aliphatic carbocycles. The highest BCUT2D eigenvalue weighted by Crippen LogP contribution is 2.60. The molecule has 1 aromatic rings. The average Bonchev–Trinajstić information content (AvgIpc) is 3.30. The number of aromatic hydroxyl groups is 1. The van der Waals surface area contributed by atoms with E-state index in [1.165, 1.54) is 25.0 Å². The number of rotatable bonds is 5. The van der Waals surface area contributed by atoms with Crippen LogP contribution >= 0.6 is 0 Å². The summed E-state index contributed by atoms with van der Waals surface area (Å²) in [6.07, 6.45) is 4.84. The van der Waals surface area contributed by atoms with Gasteiger partial charge in [-0.2, -0.15) is 0 Å². The van der Waals surface area contributed by atoms with Crippen molar-refractivity contribution in [2.75, 3.05) is 11.9 Å². The second kappa shape index (κ2) is 4.95. The SMILES string of the molecule is O=C(NCC1(C2CC2)CC1)Nc1ccc(O)cc1C(=O)O. The number of aromatic carboxylic acids is 1. The molecule has 0 aliphatic heterocycles. The van der Waals surface area contributed by atoms with Crippen molar-refractivity contribution in [3.05, 3.63) is 23.8 Å². The smallest absolute Gasteiger partial charge is 0.337 e. The summed E-state index contributed by atoms with van der Waals surface area (Å²) in [5.41, 5.74) is 0.338. The summed E-state index contributed by atoms with van der Waals surface area (Å²) in [6, 6.07) is 3.43. The van der Waals surface area contributed by atoms with Gasteiger partial charge in [0.15, 0.2) is 0 Å². The van der Waals surface area contributed by atoms with Gasteiger partial charge in [-0.3, -0.25) is 0 Å². The molecule has 2 aliphatic rings. The van der Waals surface area contributed by atoms with E-state index in [1.807, 2.05) is 0 Å². The Balaban J connectivity index is 1.61. The minimum Gasteiger partial charge on any atom is -0.508 e. The first-order valence-electron chi connectivity index (χ1n) is 7.11. The fourth-order valence-electron chi connectivity index (χ4n) is 2.83. The zero-order chi connectivity index (χ0) is 15.0. The number of carboxylic acids is 1. The van der Waals surface area contributed by atoms with Gasteiger partial charge in [-0.25, -0.2) is 9.59 Å². The van der Waals surface area contributed by atoms with Gasteiger partial charge in [0.1, 0.15) is 5.75 Å². The summed E-state index contributed by atoms with van der Waals surface area (Å²) in [6.45, 7) is 0.643. The van der Waals surface area contributed by atoms with E-state index in [0.29, 0.717) is 12.0 Å². The number of nitrogens with one attached hydrogen (secondary N) is 2. The first-order valence-corrected chi connectivity index (χ1v) is 7.11. The van der Waals surface area contributed by atoms with Gasteiger partial charge in [-0.1, -0.05) is 0 Å². The number of hydrogen-bond donors (Lipinski definition) is 4. The second-order valence-electron chi connectivity index (χ2n) is 5.98. The molecule has 21 heavy (non-hydrogen) atoms. The first-order chi connectivity index (χ1) is 10.00. The third-order valence-electron chi connectivity index (χ3n) is 4.42. The molecule has 0 radical (unpaired) electrons. The highest BCUT2D eigenvalue weighted by Gasteiger charge is 2.53. The molecule has 2 amide bonds. The maximum Gasteiger partial charge on any atom is 0.337 e. The Bertz CT molecular complexity index is 591. The molecule has 2 saturated carbocycles. The number of amides is 2. The molecule has 6 nitrogen and oxygen atoms in total. The van der Waals surface area contributed by atoms with Crippen LogP contribution in [0.5, 0.6) is 5.75 Å². The van der Waals surface area contributed by atoms with Crippen LogP contribution in [-0.2, 0) is 0 Å². The van der Waals surface area contributed by atoms with Crippen molar-refractivity contribution in [3.63, 3.8) is 0 Å². The van der Waals surface area contributed by atoms with Crippen LogP contribution in [0, 0.1) is 11.3 Å². The Morgan fingerprint density at radius 1 is 1.29 bits per heavy atom. The third-order valence-corrected chi connectivity index (χ3v) is 4.42. The summed E-state index contributed by atoms with van der Waals surface area (Å²) < 4.78 is 0. The largest absolute Gasteiger partial charge is 0.508 e. The molecule has 0 heterocycles. The van der Waals surface area contributed by atoms with Crippen molar-refractivity contribution in [1.82, 2.24) is 5.32 Å². The van der Waals surface area contributed by atoms with E-state index in [2.05, 4.69) is 10.6 Å². The van der Waals surface area contributed by atoms with Crippen molar-refractivity contribution in [2.45, 2.75) is 25.7 Å². The number of carbonyl (C=O) groups excluding carboxylic acids is 1. The van der Waals surface area contributed by atoms with Crippen LogP contribution in [0.3, 0.4) is 0 Å². The second-order valence-corrected chi connectivity index (χ2v) is 5.98. The lowest BCUT2D eigenvalue weighted by atomic mass is 10.0. The van der Waals surface area contributed by atoms with Gasteiger partial charge < -0.3 is 20.8 Å². The lowest BCUT2D eigenvalue weighted by molar-refractivity contribution is 0.0697. The Morgan fingerprint density at radius 3 is 2.57 bits per heavy atom. The zero-order valence-corrected chi connectivity index (χ0v) is 11.6. The third kappa shape index (κ3) is 2.94. The minimum atomic E-state index is -1.20. The van der Waals surface area contributed by atoms with Gasteiger partial charge in [-0.15, -0.1) is 0 Å². The molecule has 0 bridgehead atoms. The van der Waals surface area contributed by atoms with Gasteiger partial charge in [0.05, 0.1) is 11.3 Å². The van der Waals surface area contributed by atoms with Crippen LogP contribution in [0.2, 0.25) is 0 Å². The van der Waals surface area contributed by atoms with Crippen LogP contribution in [0.4, 0.5) is 10.5 Å². The van der Waals surface area contributed by atoms with Gasteiger partial charge in [-0.05, 0) is 55.2 Å². The van der Waals surface area contributed by atoms with E-state index in [4.69, 9.17) is 5.11 Å². The van der Waals surface area contributed by atoms with Gasteiger partial charge >= 0.3 is 12.0 Å². The van der Waals surface area contributed by atoms with Gasteiger partial charge in [0.2, 0.25) is 0 Å². The number of anilines is 1. The Hall–Kier alpha value is -2.24. The Kier molecular flexibility index (Phi) is 3.23. The van der Waals surface area contributed by atoms with E-state index in [9.17, 15) is 14.7 Å². The summed E-state index contributed by atoms with van der Waals surface area (Å²) in [5, 5.41) is 23.8. The fourth-order valence-corrected chi connectivity index (χ4v) is 2.83. The van der Waals surface area contributed by atoms with Crippen molar-refractivity contribution in [1.29, 1.82) is 0 Å². The highest BCUT2D eigenvalue weighted by atomic mass is 16.4. The fraction of sp³-hybridized carbons (Fsp3) is 0.467. The van der Waals surface area contributed by atoms with Gasteiger partial charge in [0, 0.05) is 6.54 Å². The van der Waals surface area contributed by atoms with Crippen molar-refractivity contribution in [3.8, 4) is 5.75 Å². The standard InChI is InChI=1S/C15H18N2O4/c18-10-3-4-12(11(7-10)13(19)20)17-14(21)16-8-15(5-6-15)9-1-2-9/h3-4,7,9,18H,1-2,5-6,8H2,(H,19,20)(H2,16,17,21). The Morgan fingerprint density at radius 2 is 2.00 bits per heavy atom. The molecular formula is C15H18N2O4. The number of urea groups is 1. The van der Waals surface area contributed by atoms with E-state index in [-0.39, 0.29) is 17.0 Å². The number of carboxylic acid groups (broad SMARTS) is 1. The summed E-state index contributed by atoms with van der Waals surface area (Å²) in [7, 11) is 0. The van der Waals surface area contributed by atoms with E-state index < -0.39 is 12.0 Å². The summed E-state index contributed by atoms with van der Waals surface area (Å²) in [4.78, 5) is 23.0.